The summed E-state index contributed by atoms with van der Waals surface area (Å²) in [6.07, 6.45) is 1.13. The van der Waals surface area contributed by atoms with E-state index in [1.165, 1.54) is 12.1 Å². The van der Waals surface area contributed by atoms with Gasteiger partial charge in [-0.2, -0.15) is 5.26 Å². The summed E-state index contributed by atoms with van der Waals surface area (Å²) < 4.78 is 13.1. The Labute approximate surface area is 157 Å². The highest BCUT2D eigenvalue weighted by atomic mass is 19.1. The lowest BCUT2D eigenvalue weighted by Gasteiger charge is -2.26. The van der Waals surface area contributed by atoms with Gasteiger partial charge in [0, 0.05) is 18.8 Å². The van der Waals surface area contributed by atoms with Crippen LogP contribution in [-0.2, 0) is 5.60 Å². The Kier molecular flexibility index (Phi) is 4.33. The highest BCUT2D eigenvalue weighted by Gasteiger charge is 2.49. The molecule has 2 aromatic rings. The number of carbonyl (C=O) groups is 1. The van der Waals surface area contributed by atoms with Crippen LogP contribution in [0.2, 0.25) is 0 Å². The van der Waals surface area contributed by atoms with Gasteiger partial charge in [0.1, 0.15) is 5.82 Å². The van der Waals surface area contributed by atoms with E-state index in [-0.39, 0.29) is 23.7 Å². The number of nitrogens with zero attached hydrogens (tertiary/aromatic N) is 2. The molecule has 2 N–H and O–H groups in total. The van der Waals surface area contributed by atoms with Crippen LogP contribution in [0.1, 0.15) is 24.0 Å². The third-order valence-corrected chi connectivity index (χ3v) is 5.69. The van der Waals surface area contributed by atoms with Crippen molar-refractivity contribution in [3.05, 3.63) is 65.5 Å². The van der Waals surface area contributed by atoms with Crippen LogP contribution in [-0.4, -0.2) is 29.1 Å². The van der Waals surface area contributed by atoms with Gasteiger partial charge < -0.3 is 15.3 Å². The molecule has 0 bridgehead atoms. The molecule has 2 aliphatic rings. The molecule has 2 aromatic carbocycles. The topological polar surface area (TPSA) is 76.4 Å². The third kappa shape index (κ3) is 3.38. The van der Waals surface area contributed by atoms with Crippen LogP contribution in [0.15, 0.2) is 48.5 Å². The van der Waals surface area contributed by atoms with Gasteiger partial charge in [-0.1, -0.05) is 18.2 Å². The molecule has 0 radical (unpaired) electrons. The second kappa shape index (κ2) is 6.67. The molecule has 5 nitrogen and oxygen atoms in total. The Morgan fingerprint density at radius 2 is 1.85 bits per heavy atom. The fraction of sp³-hybridized carbons (Fsp3) is 0.333. The molecule has 1 saturated carbocycles. The predicted molar refractivity (Wildman–Crippen MR) is 98.3 cm³/mol. The Morgan fingerprint density at radius 3 is 2.48 bits per heavy atom. The van der Waals surface area contributed by atoms with E-state index in [1.54, 1.807) is 41.3 Å². The first-order valence-corrected chi connectivity index (χ1v) is 9.01. The minimum Gasteiger partial charge on any atom is -0.385 e. The van der Waals surface area contributed by atoms with Gasteiger partial charge in [-0.3, -0.25) is 0 Å². The number of amides is 2. The molecule has 1 aliphatic carbocycles. The molecule has 27 heavy (non-hydrogen) atoms. The second-order valence-electron chi connectivity index (χ2n) is 7.49. The number of carbonyl (C=O) groups excluding carboxylic acids is 1. The van der Waals surface area contributed by atoms with Crippen molar-refractivity contribution in [2.45, 2.75) is 18.4 Å². The molecule has 2 unspecified atom stereocenters. The van der Waals surface area contributed by atoms with Crippen LogP contribution in [0.4, 0.5) is 14.9 Å². The maximum absolute atomic E-state index is 13.1. The SMILES string of the molecule is N#Cc1cccc(NC(=O)N2CC3CC(O)(c4ccc(F)cc4)CC3C2)c1. The molecule has 2 fully saturated rings. The number of nitrogens with one attached hydrogen (secondary N) is 1. The zero-order valence-corrected chi connectivity index (χ0v) is 14.7. The molecule has 0 aromatic heterocycles. The molecule has 4 rings (SSSR count). The van der Waals surface area contributed by atoms with E-state index >= 15 is 0 Å². The number of urea groups is 1. The Balaban J connectivity index is 1.40. The fourth-order valence-electron chi connectivity index (χ4n) is 4.38. The zero-order chi connectivity index (χ0) is 19.0. The largest absolute Gasteiger partial charge is 0.385 e. The zero-order valence-electron chi connectivity index (χ0n) is 14.7. The Hall–Kier alpha value is -2.91. The molecule has 0 spiro atoms. The fourth-order valence-corrected chi connectivity index (χ4v) is 4.38. The van der Waals surface area contributed by atoms with Crippen molar-refractivity contribution in [1.82, 2.24) is 4.90 Å². The van der Waals surface area contributed by atoms with E-state index in [9.17, 15) is 14.3 Å². The van der Waals surface area contributed by atoms with Crippen LogP contribution in [0, 0.1) is 29.0 Å². The van der Waals surface area contributed by atoms with Gasteiger partial charge in [-0.15, -0.1) is 0 Å². The van der Waals surface area contributed by atoms with E-state index in [1.807, 2.05) is 0 Å². The van der Waals surface area contributed by atoms with Gasteiger partial charge in [0.25, 0.3) is 0 Å². The highest BCUT2D eigenvalue weighted by Crippen LogP contribution is 2.49. The molecule has 2 amide bonds. The van der Waals surface area contributed by atoms with Gasteiger partial charge in [-0.25, -0.2) is 9.18 Å². The summed E-state index contributed by atoms with van der Waals surface area (Å²) in [4.78, 5) is 14.3. The smallest absolute Gasteiger partial charge is 0.321 e. The predicted octanol–water partition coefficient (Wildman–Crippen LogP) is 3.46. The van der Waals surface area contributed by atoms with Crippen LogP contribution >= 0.6 is 0 Å². The lowest BCUT2D eigenvalue weighted by atomic mass is 9.90. The number of nitriles is 1. The molecule has 2 atom stereocenters. The van der Waals surface area contributed by atoms with E-state index in [0.29, 0.717) is 37.2 Å². The molecular formula is C21H20FN3O2. The molecular weight excluding hydrogens is 345 g/mol. The maximum Gasteiger partial charge on any atom is 0.321 e. The summed E-state index contributed by atoms with van der Waals surface area (Å²) in [5.41, 5.74) is 0.879. The normalized spacial score (nSPS) is 26.5. The lowest BCUT2D eigenvalue weighted by Crippen LogP contribution is -2.35. The monoisotopic (exact) mass is 365 g/mol. The summed E-state index contributed by atoms with van der Waals surface area (Å²) in [5, 5.41) is 22.8. The summed E-state index contributed by atoms with van der Waals surface area (Å²) in [6.45, 7) is 1.16. The van der Waals surface area contributed by atoms with Crippen LogP contribution in [0.25, 0.3) is 0 Å². The molecule has 6 heteroatoms. The number of likely N-dealkylation sites (tertiary alicyclic amines) is 1. The van der Waals surface area contributed by atoms with Crippen molar-refractivity contribution >= 4 is 11.7 Å². The summed E-state index contributed by atoms with van der Waals surface area (Å²) >= 11 is 0. The summed E-state index contributed by atoms with van der Waals surface area (Å²) in [6, 6.07) is 14.7. The van der Waals surface area contributed by atoms with Gasteiger partial charge in [0.2, 0.25) is 0 Å². The number of benzene rings is 2. The first kappa shape index (κ1) is 17.5. The maximum atomic E-state index is 13.1. The van der Waals surface area contributed by atoms with Crippen molar-refractivity contribution in [2.24, 2.45) is 11.8 Å². The van der Waals surface area contributed by atoms with Gasteiger partial charge in [-0.05, 0) is 60.6 Å². The lowest BCUT2D eigenvalue weighted by molar-refractivity contribution is 0.0328. The molecule has 1 saturated heterocycles. The van der Waals surface area contributed by atoms with Crippen molar-refractivity contribution in [3.63, 3.8) is 0 Å². The molecule has 138 valence electrons. The van der Waals surface area contributed by atoms with Crippen molar-refractivity contribution in [3.8, 4) is 6.07 Å². The minimum absolute atomic E-state index is 0.190. The number of fused-ring (bicyclic) bond motifs is 1. The number of hydrogen-bond donors (Lipinski definition) is 2. The highest BCUT2D eigenvalue weighted by molar-refractivity contribution is 5.89. The van der Waals surface area contributed by atoms with E-state index in [4.69, 9.17) is 5.26 Å². The van der Waals surface area contributed by atoms with Crippen molar-refractivity contribution in [1.29, 1.82) is 5.26 Å². The van der Waals surface area contributed by atoms with Crippen LogP contribution in [0.3, 0.4) is 0 Å². The summed E-state index contributed by atoms with van der Waals surface area (Å²) in [7, 11) is 0. The number of halogens is 1. The quantitative estimate of drug-likeness (QED) is 0.856. The van der Waals surface area contributed by atoms with E-state index in [0.717, 1.165) is 5.56 Å². The average molecular weight is 365 g/mol. The van der Waals surface area contributed by atoms with Gasteiger partial charge in [0.05, 0.1) is 17.2 Å². The van der Waals surface area contributed by atoms with Crippen molar-refractivity contribution in [2.75, 3.05) is 18.4 Å². The number of hydrogen-bond acceptors (Lipinski definition) is 3. The van der Waals surface area contributed by atoms with Gasteiger partial charge in [0.15, 0.2) is 0 Å². The van der Waals surface area contributed by atoms with Gasteiger partial charge >= 0.3 is 6.03 Å². The second-order valence-corrected chi connectivity index (χ2v) is 7.49. The number of anilines is 1. The van der Waals surface area contributed by atoms with Crippen LogP contribution < -0.4 is 5.32 Å². The van der Waals surface area contributed by atoms with Crippen LogP contribution in [0.5, 0.6) is 0 Å². The van der Waals surface area contributed by atoms with E-state index < -0.39 is 5.60 Å². The Morgan fingerprint density at radius 1 is 1.19 bits per heavy atom. The first-order valence-electron chi connectivity index (χ1n) is 9.01. The van der Waals surface area contributed by atoms with Crippen molar-refractivity contribution < 1.29 is 14.3 Å². The Bertz CT molecular complexity index is 892. The third-order valence-electron chi connectivity index (χ3n) is 5.69. The molecule has 1 heterocycles. The average Bonchev–Trinajstić information content (AvgIpc) is 3.18. The minimum atomic E-state index is -0.952. The first-order chi connectivity index (χ1) is 13.0. The summed E-state index contributed by atoms with van der Waals surface area (Å²) in [5.74, 6) is 0.122. The number of rotatable bonds is 2. The number of aliphatic hydroxyl groups is 1. The van der Waals surface area contributed by atoms with E-state index in [2.05, 4.69) is 11.4 Å². The molecule has 1 aliphatic heterocycles. The standard InChI is InChI=1S/C21H20FN3O2/c22-18-6-4-17(5-7-18)21(27)9-15-12-25(13-16(15)10-21)20(26)24-19-3-1-2-14(8-19)11-23/h1-8,15-16,27H,9-10,12-13H2,(H,24,26).